The van der Waals surface area contributed by atoms with Gasteiger partial charge in [-0.2, -0.15) is 0 Å². The number of carbonyl (C=O) groups excluding carboxylic acids is 1. The fourth-order valence-electron chi connectivity index (χ4n) is 3.82. The summed E-state index contributed by atoms with van der Waals surface area (Å²) in [5.74, 6) is 1.18. The lowest BCUT2D eigenvalue weighted by Crippen LogP contribution is -2.56. The third-order valence-electron chi connectivity index (χ3n) is 5.23. The minimum absolute atomic E-state index is 0.170. The molecule has 0 saturated carbocycles. The first-order chi connectivity index (χ1) is 11.1. The van der Waals surface area contributed by atoms with Gasteiger partial charge in [-0.25, -0.2) is 0 Å². The molecule has 1 amide bonds. The minimum atomic E-state index is -0.213. The van der Waals surface area contributed by atoms with E-state index < -0.39 is 0 Å². The highest BCUT2D eigenvalue weighted by Gasteiger charge is 2.47. The molecule has 126 valence electrons. The molecule has 3 rings (SSSR count). The van der Waals surface area contributed by atoms with Crippen molar-refractivity contribution in [2.75, 3.05) is 40.3 Å². The Labute approximate surface area is 137 Å². The summed E-state index contributed by atoms with van der Waals surface area (Å²) in [5.41, 5.74) is -0.213. The normalized spacial score (nSPS) is 25.6. The van der Waals surface area contributed by atoms with E-state index in [1.165, 1.54) is 0 Å². The van der Waals surface area contributed by atoms with Crippen LogP contribution in [0.25, 0.3) is 6.08 Å². The number of likely N-dealkylation sites (N-methyl/N-ethyl adjacent to an activating group) is 1. The molecule has 0 radical (unpaired) electrons. The maximum atomic E-state index is 12.7. The Bertz CT molecular complexity index is 545. The highest BCUT2D eigenvalue weighted by molar-refractivity contribution is 5.83. The van der Waals surface area contributed by atoms with Gasteiger partial charge in [0.1, 0.15) is 5.76 Å². The first-order valence-corrected chi connectivity index (χ1v) is 8.34. The summed E-state index contributed by atoms with van der Waals surface area (Å²) in [4.78, 5) is 16.9. The molecule has 3 heterocycles. The Balaban J connectivity index is 1.55. The fraction of sp³-hybridized carbons (Fsp3) is 0.611. The first kappa shape index (κ1) is 16.3. The summed E-state index contributed by atoms with van der Waals surface area (Å²) in [6, 6.07) is 3.84. The van der Waals surface area contributed by atoms with Gasteiger partial charge in [-0.15, -0.1) is 0 Å². The molecule has 2 aliphatic rings. The van der Waals surface area contributed by atoms with Crippen LogP contribution in [0.4, 0.5) is 0 Å². The number of amides is 1. The Morgan fingerprint density at radius 2 is 2.22 bits per heavy atom. The Hall–Kier alpha value is -1.59. The minimum Gasteiger partial charge on any atom is -0.465 e. The third kappa shape index (κ3) is 3.51. The number of hydrogen-bond donors (Lipinski definition) is 0. The highest BCUT2D eigenvalue weighted by Crippen LogP contribution is 2.41. The second kappa shape index (κ2) is 6.89. The molecule has 2 aliphatic heterocycles. The molecule has 0 aliphatic carbocycles. The third-order valence-corrected chi connectivity index (χ3v) is 5.23. The van der Waals surface area contributed by atoms with Crippen molar-refractivity contribution >= 4 is 12.0 Å². The summed E-state index contributed by atoms with van der Waals surface area (Å²) >= 11 is 0. The molecule has 5 nitrogen and oxygen atoms in total. The van der Waals surface area contributed by atoms with Gasteiger partial charge in [0.15, 0.2) is 0 Å². The van der Waals surface area contributed by atoms with Gasteiger partial charge in [0, 0.05) is 27.2 Å². The molecular weight excluding hydrogens is 292 g/mol. The van der Waals surface area contributed by atoms with E-state index in [0.29, 0.717) is 12.5 Å². The van der Waals surface area contributed by atoms with E-state index in [-0.39, 0.29) is 11.5 Å². The van der Waals surface area contributed by atoms with Gasteiger partial charge in [-0.05, 0) is 50.6 Å². The van der Waals surface area contributed by atoms with E-state index in [0.717, 1.165) is 44.7 Å². The molecule has 0 aromatic carbocycles. The second-order valence-corrected chi connectivity index (χ2v) is 6.75. The van der Waals surface area contributed by atoms with Crippen molar-refractivity contribution in [3.8, 4) is 0 Å². The fourth-order valence-corrected chi connectivity index (χ4v) is 3.82. The van der Waals surface area contributed by atoms with Crippen LogP contribution in [0, 0.1) is 5.41 Å². The number of methoxy groups -OCH3 is 1. The van der Waals surface area contributed by atoms with Crippen molar-refractivity contribution in [3.05, 3.63) is 30.2 Å². The van der Waals surface area contributed by atoms with Crippen molar-refractivity contribution in [2.24, 2.45) is 5.41 Å². The number of piperidine rings is 2. The van der Waals surface area contributed by atoms with E-state index in [1.807, 2.05) is 30.2 Å². The number of furan rings is 1. The molecule has 1 atom stereocenters. The van der Waals surface area contributed by atoms with Crippen LogP contribution in [0.5, 0.6) is 0 Å². The number of ether oxygens (including phenoxy) is 1. The zero-order chi connectivity index (χ0) is 16.3. The topological polar surface area (TPSA) is 45.9 Å². The standard InChI is InChI=1S/C18H26N2O3/c1-19-14-16(22-2)13-18(17(19)21)7-10-20(11-8-18)9-3-5-15-6-4-12-23-15/h3-6,12,16H,7-11,13-14H2,1-2H3/b5-3+. The SMILES string of the molecule is COC1CN(C)C(=O)C2(CCN(C/C=C/c3ccco3)CC2)C1. The largest absolute Gasteiger partial charge is 0.465 e. The highest BCUT2D eigenvalue weighted by atomic mass is 16.5. The molecule has 2 fully saturated rings. The number of nitrogens with zero attached hydrogens (tertiary/aromatic N) is 2. The van der Waals surface area contributed by atoms with Crippen molar-refractivity contribution in [2.45, 2.75) is 25.4 Å². The monoisotopic (exact) mass is 318 g/mol. The maximum Gasteiger partial charge on any atom is 0.228 e. The predicted molar refractivity (Wildman–Crippen MR) is 88.9 cm³/mol. The van der Waals surface area contributed by atoms with Gasteiger partial charge in [-0.1, -0.05) is 6.08 Å². The van der Waals surface area contributed by atoms with Crippen LogP contribution in [0.1, 0.15) is 25.0 Å². The summed E-state index contributed by atoms with van der Waals surface area (Å²) in [6.45, 7) is 3.53. The lowest BCUT2D eigenvalue weighted by atomic mass is 9.71. The number of likely N-dealkylation sites (tertiary alicyclic amines) is 2. The molecular formula is C18H26N2O3. The molecule has 5 heteroatoms. The van der Waals surface area contributed by atoms with E-state index in [1.54, 1.807) is 13.4 Å². The van der Waals surface area contributed by atoms with Crippen LogP contribution in [-0.2, 0) is 9.53 Å². The van der Waals surface area contributed by atoms with Crippen molar-refractivity contribution in [1.29, 1.82) is 0 Å². The van der Waals surface area contributed by atoms with E-state index >= 15 is 0 Å². The van der Waals surface area contributed by atoms with Crippen LogP contribution in [0.15, 0.2) is 28.9 Å². The molecule has 0 N–H and O–H groups in total. The number of carbonyl (C=O) groups is 1. The average Bonchev–Trinajstić information content (AvgIpc) is 3.07. The molecule has 0 bridgehead atoms. The molecule has 1 unspecified atom stereocenters. The van der Waals surface area contributed by atoms with Crippen LogP contribution >= 0.6 is 0 Å². The quantitative estimate of drug-likeness (QED) is 0.854. The smallest absolute Gasteiger partial charge is 0.228 e. The van der Waals surface area contributed by atoms with Gasteiger partial charge in [0.2, 0.25) is 5.91 Å². The molecule has 1 aromatic heterocycles. The van der Waals surface area contributed by atoms with E-state index in [2.05, 4.69) is 11.0 Å². The van der Waals surface area contributed by atoms with Crippen molar-refractivity contribution < 1.29 is 13.9 Å². The predicted octanol–water partition coefficient (Wildman–Crippen LogP) is 2.25. The van der Waals surface area contributed by atoms with Crippen LogP contribution in [0.3, 0.4) is 0 Å². The van der Waals surface area contributed by atoms with Crippen molar-refractivity contribution in [3.63, 3.8) is 0 Å². The Kier molecular flexibility index (Phi) is 4.87. The summed E-state index contributed by atoms with van der Waals surface area (Å²) in [5, 5.41) is 0. The molecule has 23 heavy (non-hydrogen) atoms. The summed E-state index contributed by atoms with van der Waals surface area (Å²) in [7, 11) is 3.64. The molecule has 1 aromatic rings. The number of hydrogen-bond acceptors (Lipinski definition) is 4. The van der Waals surface area contributed by atoms with E-state index in [9.17, 15) is 4.79 Å². The van der Waals surface area contributed by atoms with Crippen LogP contribution in [-0.4, -0.2) is 62.1 Å². The van der Waals surface area contributed by atoms with Crippen LogP contribution in [0.2, 0.25) is 0 Å². The average molecular weight is 318 g/mol. The zero-order valence-electron chi connectivity index (χ0n) is 14.0. The molecule has 2 saturated heterocycles. The van der Waals surface area contributed by atoms with Gasteiger partial charge >= 0.3 is 0 Å². The maximum absolute atomic E-state index is 12.7. The lowest BCUT2D eigenvalue weighted by molar-refractivity contribution is -0.155. The van der Waals surface area contributed by atoms with Crippen molar-refractivity contribution in [1.82, 2.24) is 9.80 Å². The molecule has 1 spiro atoms. The Morgan fingerprint density at radius 1 is 1.43 bits per heavy atom. The number of rotatable bonds is 4. The van der Waals surface area contributed by atoms with Gasteiger partial charge in [0.05, 0.1) is 17.8 Å². The summed E-state index contributed by atoms with van der Waals surface area (Å²) in [6.07, 6.45) is 8.69. The van der Waals surface area contributed by atoms with Gasteiger partial charge < -0.3 is 14.1 Å². The first-order valence-electron chi connectivity index (χ1n) is 8.34. The van der Waals surface area contributed by atoms with Gasteiger partial charge in [-0.3, -0.25) is 9.69 Å². The zero-order valence-corrected chi connectivity index (χ0v) is 14.0. The van der Waals surface area contributed by atoms with Gasteiger partial charge in [0.25, 0.3) is 0 Å². The van der Waals surface area contributed by atoms with Crippen LogP contribution < -0.4 is 0 Å². The lowest BCUT2D eigenvalue weighted by Gasteiger charge is -2.47. The second-order valence-electron chi connectivity index (χ2n) is 6.75. The van der Waals surface area contributed by atoms with E-state index in [4.69, 9.17) is 9.15 Å². The Morgan fingerprint density at radius 3 is 2.87 bits per heavy atom. The summed E-state index contributed by atoms with van der Waals surface area (Å²) < 4.78 is 10.8.